The zero-order valence-electron chi connectivity index (χ0n) is 15.9. The minimum Gasteiger partial charge on any atom is -0.465 e. The molecule has 2 amide bonds. The first-order valence-corrected chi connectivity index (χ1v) is 9.27. The normalized spacial score (nSPS) is 14.6. The molecule has 2 aromatic carbocycles. The Morgan fingerprint density at radius 1 is 1.04 bits per heavy atom. The lowest BCUT2D eigenvalue weighted by atomic mass is 10.1. The first-order chi connectivity index (χ1) is 13.6. The van der Waals surface area contributed by atoms with E-state index in [-0.39, 0.29) is 11.8 Å². The molecule has 1 aliphatic rings. The highest BCUT2D eigenvalue weighted by Crippen LogP contribution is 2.17. The van der Waals surface area contributed by atoms with Gasteiger partial charge in [-0.1, -0.05) is 24.3 Å². The molecule has 1 N–H and O–H groups in total. The fraction of sp³-hybridized carbons (Fsp3) is 0.333. The van der Waals surface area contributed by atoms with Crippen LogP contribution in [0.2, 0.25) is 0 Å². The minimum atomic E-state index is -0.485. The number of para-hydroxylation sites is 1. The SMILES string of the molecule is COC(=O)c1ccccc1NC(=O)N1CCN(CCc2ccc(F)cc2)CC1. The average molecular weight is 385 g/mol. The number of piperazine rings is 1. The van der Waals surface area contributed by atoms with E-state index in [9.17, 15) is 14.0 Å². The molecular formula is C21H24FN3O3. The third-order valence-corrected chi connectivity index (χ3v) is 4.86. The van der Waals surface area contributed by atoms with Crippen molar-refractivity contribution in [2.75, 3.05) is 45.2 Å². The minimum absolute atomic E-state index is 0.225. The van der Waals surface area contributed by atoms with Gasteiger partial charge in [-0.15, -0.1) is 0 Å². The number of hydrogen-bond acceptors (Lipinski definition) is 4. The van der Waals surface area contributed by atoms with Gasteiger partial charge >= 0.3 is 12.0 Å². The molecule has 1 saturated heterocycles. The lowest BCUT2D eigenvalue weighted by molar-refractivity contribution is 0.0602. The van der Waals surface area contributed by atoms with Gasteiger partial charge in [0.15, 0.2) is 0 Å². The maximum absolute atomic E-state index is 13.0. The van der Waals surface area contributed by atoms with E-state index in [4.69, 9.17) is 4.74 Å². The summed E-state index contributed by atoms with van der Waals surface area (Å²) in [6, 6.07) is 13.1. The third-order valence-electron chi connectivity index (χ3n) is 4.86. The van der Waals surface area contributed by atoms with Crippen LogP contribution in [0.5, 0.6) is 0 Å². The van der Waals surface area contributed by atoms with Crippen molar-refractivity contribution in [1.82, 2.24) is 9.80 Å². The van der Waals surface area contributed by atoms with Crippen LogP contribution in [0.4, 0.5) is 14.9 Å². The Bertz CT molecular complexity index is 818. The summed E-state index contributed by atoms with van der Waals surface area (Å²) in [5.74, 6) is -0.710. The molecule has 1 heterocycles. The molecule has 28 heavy (non-hydrogen) atoms. The Labute approximate surface area is 163 Å². The van der Waals surface area contributed by atoms with Crippen LogP contribution >= 0.6 is 0 Å². The number of halogens is 1. The summed E-state index contributed by atoms with van der Waals surface area (Å²) in [5.41, 5.74) is 1.87. The van der Waals surface area contributed by atoms with E-state index in [0.717, 1.165) is 31.6 Å². The molecule has 0 radical (unpaired) electrons. The maximum Gasteiger partial charge on any atom is 0.339 e. The van der Waals surface area contributed by atoms with E-state index in [1.165, 1.54) is 19.2 Å². The smallest absolute Gasteiger partial charge is 0.339 e. The van der Waals surface area contributed by atoms with Gasteiger partial charge < -0.3 is 15.0 Å². The van der Waals surface area contributed by atoms with Crippen molar-refractivity contribution < 1.29 is 18.7 Å². The Hall–Kier alpha value is -2.93. The zero-order valence-corrected chi connectivity index (χ0v) is 15.9. The highest BCUT2D eigenvalue weighted by Gasteiger charge is 2.22. The van der Waals surface area contributed by atoms with E-state index in [0.29, 0.717) is 24.3 Å². The molecule has 1 aliphatic heterocycles. The lowest BCUT2D eigenvalue weighted by Gasteiger charge is -2.34. The van der Waals surface area contributed by atoms with Crippen molar-refractivity contribution in [3.8, 4) is 0 Å². The first kappa shape index (κ1) is 19.8. The number of esters is 1. The predicted molar refractivity (Wildman–Crippen MR) is 105 cm³/mol. The van der Waals surface area contributed by atoms with Crippen LogP contribution < -0.4 is 5.32 Å². The van der Waals surface area contributed by atoms with Crippen LogP contribution in [0, 0.1) is 5.82 Å². The summed E-state index contributed by atoms with van der Waals surface area (Å²) in [6.45, 7) is 3.62. The highest BCUT2D eigenvalue weighted by atomic mass is 19.1. The molecule has 0 bridgehead atoms. The lowest BCUT2D eigenvalue weighted by Crippen LogP contribution is -2.50. The summed E-state index contributed by atoms with van der Waals surface area (Å²) in [5, 5.41) is 2.81. The molecule has 1 fully saturated rings. The van der Waals surface area contributed by atoms with Crippen LogP contribution in [-0.4, -0.2) is 61.6 Å². The second-order valence-corrected chi connectivity index (χ2v) is 6.67. The molecule has 0 atom stereocenters. The van der Waals surface area contributed by atoms with Crippen molar-refractivity contribution >= 4 is 17.7 Å². The van der Waals surface area contributed by atoms with Crippen LogP contribution in [-0.2, 0) is 11.2 Å². The predicted octanol–water partition coefficient (Wildman–Crippen LogP) is 3.00. The van der Waals surface area contributed by atoms with Gasteiger partial charge in [0.25, 0.3) is 0 Å². The number of benzene rings is 2. The number of hydrogen-bond donors (Lipinski definition) is 1. The van der Waals surface area contributed by atoms with Crippen molar-refractivity contribution in [3.63, 3.8) is 0 Å². The number of rotatable bonds is 5. The second-order valence-electron chi connectivity index (χ2n) is 6.67. The van der Waals surface area contributed by atoms with Gasteiger partial charge in [0.2, 0.25) is 0 Å². The van der Waals surface area contributed by atoms with Gasteiger partial charge in [0, 0.05) is 32.7 Å². The van der Waals surface area contributed by atoms with E-state index >= 15 is 0 Å². The zero-order chi connectivity index (χ0) is 19.9. The molecular weight excluding hydrogens is 361 g/mol. The van der Waals surface area contributed by atoms with Crippen LogP contribution in [0.15, 0.2) is 48.5 Å². The number of anilines is 1. The summed E-state index contributed by atoms with van der Waals surface area (Å²) >= 11 is 0. The Balaban J connectivity index is 1.49. The number of carbonyl (C=O) groups excluding carboxylic acids is 2. The molecule has 0 aromatic heterocycles. The van der Waals surface area contributed by atoms with Crippen molar-refractivity contribution in [2.45, 2.75) is 6.42 Å². The first-order valence-electron chi connectivity index (χ1n) is 9.27. The molecule has 0 spiro atoms. The maximum atomic E-state index is 13.0. The van der Waals surface area contributed by atoms with Crippen LogP contribution in [0.3, 0.4) is 0 Å². The van der Waals surface area contributed by atoms with Gasteiger partial charge in [-0.2, -0.15) is 0 Å². The molecule has 0 unspecified atom stereocenters. The van der Waals surface area contributed by atoms with Gasteiger partial charge in [-0.05, 0) is 36.2 Å². The topological polar surface area (TPSA) is 61.9 Å². The Morgan fingerprint density at radius 2 is 1.71 bits per heavy atom. The molecule has 148 valence electrons. The van der Waals surface area contributed by atoms with Gasteiger partial charge in [0.05, 0.1) is 18.4 Å². The van der Waals surface area contributed by atoms with Crippen molar-refractivity contribution in [1.29, 1.82) is 0 Å². The van der Waals surface area contributed by atoms with E-state index in [1.807, 2.05) is 0 Å². The number of nitrogens with one attached hydrogen (secondary N) is 1. The number of urea groups is 1. The summed E-state index contributed by atoms with van der Waals surface area (Å²) in [4.78, 5) is 28.4. The van der Waals surface area contributed by atoms with E-state index < -0.39 is 5.97 Å². The number of methoxy groups -OCH3 is 1. The number of carbonyl (C=O) groups is 2. The van der Waals surface area contributed by atoms with Crippen molar-refractivity contribution in [3.05, 3.63) is 65.5 Å². The van der Waals surface area contributed by atoms with E-state index in [1.54, 1.807) is 41.3 Å². The van der Waals surface area contributed by atoms with E-state index in [2.05, 4.69) is 10.2 Å². The average Bonchev–Trinajstić information content (AvgIpc) is 2.73. The summed E-state index contributed by atoms with van der Waals surface area (Å²) in [6.07, 6.45) is 0.846. The van der Waals surface area contributed by atoms with Gasteiger partial charge in [-0.25, -0.2) is 14.0 Å². The number of nitrogens with zero attached hydrogens (tertiary/aromatic N) is 2. The second kappa shape index (κ2) is 9.32. The Kier molecular flexibility index (Phi) is 6.60. The quantitative estimate of drug-likeness (QED) is 0.804. The van der Waals surface area contributed by atoms with Gasteiger partial charge in [-0.3, -0.25) is 4.90 Å². The highest BCUT2D eigenvalue weighted by molar-refractivity contribution is 6.00. The largest absolute Gasteiger partial charge is 0.465 e. The molecule has 0 aliphatic carbocycles. The molecule has 6 nitrogen and oxygen atoms in total. The molecule has 0 saturated carbocycles. The monoisotopic (exact) mass is 385 g/mol. The van der Waals surface area contributed by atoms with Crippen molar-refractivity contribution in [2.24, 2.45) is 0 Å². The number of ether oxygens (including phenoxy) is 1. The molecule has 2 aromatic rings. The fourth-order valence-corrected chi connectivity index (χ4v) is 3.19. The van der Waals surface area contributed by atoms with Gasteiger partial charge in [0.1, 0.15) is 5.82 Å². The third kappa shape index (κ3) is 5.07. The number of amides is 2. The molecule has 3 rings (SSSR count). The molecule has 7 heteroatoms. The summed E-state index contributed by atoms with van der Waals surface area (Å²) < 4.78 is 17.7. The van der Waals surface area contributed by atoms with Crippen LogP contribution in [0.1, 0.15) is 15.9 Å². The summed E-state index contributed by atoms with van der Waals surface area (Å²) in [7, 11) is 1.31. The van der Waals surface area contributed by atoms with Crippen LogP contribution in [0.25, 0.3) is 0 Å². The standard InChI is InChI=1S/C21H24FN3O3/c1-28-20(26)18-4-2-3-5-19(18)23-21(27)25-14-12-24(13-15-25)11-10-16-6-8-17(22)9-7-16/h2-9H,10-15H2,1H3,(H,23,27). The fourth-order valence-electron chi connectivity index (χ4n) is 3.19. The Morgan fingerprint density at radius 3 is 2.39 bits per heavy atom.